The van der Waals surface area contributed by atoms with Gasteiger partial charge in [0.25, 0.3) is 11.6 Å². The first-order chi connectivity index (χ1) is 14.5. The zero-order chi connectivity index (χ0) is 21.1. The molecule has 0 bridgehead atoms. The van der Waals surface area contributed by atoms with Crippen LogP contribution in [0.4, 0.5) is 5.69 Å². The molecule has 30 heavy (non-hydrogen) atoms. The van der Waals surface area contributed by atoms with Gasteiger partial charge in [0.15, 0.2) is 4.80 Å². The Morgan fingerprint density at radius 1 is 1.07 bits per heavy atom. The van der Waals surface area contributed by atoms with Gasteiger partial charge in [-0.2, -0.15) is 4.99 Å². The van der Waals surface area contributed by atoms with Crippen LogP contribution in [0.15, 0.2) is 77.8 Å². The smallest absolute Gasteiger partial charge is 0.279 e. The first-order valence-electron chi connectivity index (χ1n) is 9.25. The van der Waals surface area contributed by atoms with Gasteiger partial charge in [0, 0.05) is 24.2 Å². The second-order valence-corrected chi connectivity index (χ2v) is 7.41. The Morgan fingerprint density at radius 3 is 2.57 bits per heavy atom. The molecule has 0 N–H and O–H groups in total. The number of carbonyl (C=O) groups excluding carboxylic acids is 1. The third kappa shape index (κ3) is 3.99. The average Bonchev–Trinajstić information content (AvgIpc) is 3.10. The first kappa shape index (κ1) is 19.5. The van der Waals surface area contributed by atoms with E-state index in [1.807, 2.05) is 37.3 Å². The van der Waals surface area contributed by atoms with Crippen molar-refractivity contribution in [1.29, 1.82) is 0 Å². The number of aryl methyl sites for hydroxylation is 1. The summed E-state index contributed by atoms with van der Waals surface area (Å²) in [5, 5.41) is 11.1. The number of nitro benzene ring substituents is 1. The van der Waals surface area contributed by atoms with Crippen LogP contribution in [-0.4, -0.2) is 15.4 Å². The summed E-state index contributed by atoms with van der Waals surface area (Å²) in [4.78, 5) is 28.2. The predicted octanol–water partition coefficient (Wildman–Crippen LogP) is 5.16. The predicted molar refractivity (Wildman–Crippen MR) is 115 cm³/mol. The molecule has 7 nitrogen and oxygen atoms in total. The highest BCUT2D eigenvalue weighted by Crippen LogP contribution is 2.24. The van der Waals surface area contributed by atoms with Crippen molar-refractivity contribution >= 4 is 33.1 Å². The van der Waals surface area contributed by atoms with E-state index in [-0.39, 0.29) is 5.69 Å². The molecule has 0 unspecified atom stereocenters. The monoisotopic (exact) mass is 419 g/mol. The molecule has 0 aliphatic rings. The number of benzene rings is 3. The highest BCUT2D eigenvalue weighted by Gasteiger charge is 2.13. The molecule has 8 heteroatoms. The van der Waals surface area contributed by atoms with Crippen LogP contribution in [0, 0.1) is 10.1 Å². The van der Waals surface area contributed by atoms with Gasteiger partial charge < -0.3 is 9.30 Å². The second-order valence-electron chi connectivity index (χ2n) is 6.40. The van der Waals surface area contributed by atoms with Crippen LogP contribution in [0.2, 0.25) is 0 Å². The van der Waals surface area contributed by atoms with E-state index in [0.29, 0.717) is 33.9 Å². The van der Waals surface area contributed by atoms with Gasteiger partial charge >= 0.3 is 0 Å². The fourth-order valence-corrected chi connectivity index (χ4v) is 4.10. The van der Waals surface area contributed by atoms with Crippen LogP contribution in [0.3, 0.4) is 0 Å². The minimum Gasteiger partial charge on any atom is -0.457 e. The van der Waals surface area contributed by atoms with Gasteiger partial charge in [-0.05, 0) is 43.3 Å². The van der Waals surface area contributed by atoms with Gasteiger partial charge in [-0.25, -0.2) is 0 Å². The van der Waals surface area contributed by atoms with Gasteiger partial charge in [-0.15, -0.1) is 0 Å². The molecule has 0 saturated carbocycles. The number of fused-ring (bicyclic) bond motifs is 1. The Kier molecular flexibility index (Phi) is 5.40. The van der Waals surface area contributed by atoms with Crippen LogP contribution in [-0.2, 0) is 6.54 Å². The normalized spacial score (nSPS) is 11.6. The molecular formula is C22H17N3O4S. The molecule has 0 atom stereocenters. The van der Waals surface area contributed by atoms with Crippen molar-refractivity contribution in [3.63, 3.8) is 0 Å². The second kappa shape index (κ2) is 8.30. The van der Waals surface area contributed by atoms with E-state index < -0.39 is 10.8 Å². The van der Waals surface area contributed by atoms with Crippen LogP contribution in [0.1, 0.15) is 17.3 Å². The summed E-state index contributed by atoms with van der Waals surface area (Å²) in [5.41, 5.74) is 1.09. The molecule has 0 fully saturated rings. The number of hydrogen-bond acceptors (Lipinski definition) is 5. The van der Waals surface area contributed by atoms with Crippen LogP contribution >= 0.6 is 11.3 Å². The summed E-state index contributed by atoms with van der Waals surface area (Å²) >= 11 is 1.32. The lowest BCUT2D eigenvalue weighted by molar-refractivity contribution is -0.384. The number of hydrogen-bond donors (Lipinski definition) is 0. The van der Waals surface area contributed by atoms with E-state index >= 15 is 0 Å². The standard InChI is InChI=1S/C22H17N3O4S/c1-2-24-19-14-16(25(27)28)11-12-20(19)30-22(24)23-21(26)15-7-6-10-18(13-15)29-17-8-4-3-5-9-17/h3-14H,2H2,1H3. The largest absolute Gasteiger partial charge is 0.457 e. The number of nitro groups is 1. The highest BCUT2D eigenvalue weighted by atomic mass is 32.1. The third-order valence-electron chi connectivity index (χ3n) is 4.45. The number of para-hydroxylation sites is 1. The van der Waals surface area contributed by atoms with Crippen molar-refractivity contribution in [2.24, 2.45) is 4.99 Å². The molecule has 0 aliphatic heterocycles. The molecule has 4 rings (SSSR count). The zero-order valence-corrected chi connectivity index (χ0v) is 16.8. The Labute approximate surface area is 175 Å². The molecule has 4 aromatic rings. The topological polar surface area (TPSA) is 86.7 Å². The number of amides is 1. The van der Waals surface area contributed by atoms with E-state index in [4.69, 9.17) is 4.74 Å². The summed E-state index contributed by atoms with van der Waals surface area (Å²) < 4.78 is 8.42. The van der Waals surface area contributed by atoms with Crippen LogP contribution < -0.4 is 9.54 Å². The number of rotatable bonds is 5. The van der Waals surface area contributed by atoms with E-state index in [9.17, 15) is 14.9 Å². The molecule has 150 valence electrons. The highest BCUT2D eigenvalue weighted by molar-refractivity contribution is 7.16. The van der Waals surface area contributed by atoms with E-state index in [2.05, 4.69) is 4.99 Å². The van der Waals surface area contributed by atoms with Crippen LogP contribution in [0.25, 0.3) is 10.2 Å². The lowest BCUT2D eigenvalue weighted by Gasteiger charge is -2.06. The molecular weight excluding hydrogens is 402 g/mol. The number of ether oxygens (including phenoxy) is 1. The van der Waals surface area contributed by atoms with E-state index in [0.717, 1.165) is 4.70 Å². The Bertz CT molecular complexity index is 1310. The molecule has 1 aromatic heterocycles. The average molecular weight is 419 g/mol. The van der Waals surface area contributed by atoms with Crippen molar-refractivity contribution in [3.05, 3.63) is 93.3 Å². The van der Waals surface area contributed by atoms with Gasteiger partial charge in [0.2, 0.25) is 0 Å². The maximum Gasteiger partial charge on any atom is 0.279 e. The fraction of sp³-hybridized carbons (Fsp3) is 0.0909. The molecule has 3 aromatic carbocycles. The Balaban J connectivity index is 1.70. The van der Waals surface area contributed by atoms with Crippen molar-refractivity contribution in [1.82, 2.24) is 4.57 Å². The lowest BCUT2D eigenvalue weighted by atomic mass is 10.2. The number of carbonyl (C=O) groups is 1. The van der Waals surface area contributed by atoms with E-state index in [1.54, 1.807) is 34.9 Å². The van der Waals surface area contributed by atoms with Gasteiger partial charge in [0.1, 0.15) is 11.5 Å². The zero-order valence-electron chi connectivity index (χ0n) is 16.0. The summed E-state index contributed by atoms with van der Waals surface area (Å²) in [5.74, 6) is 0.809. The number of nitrogens with zero attached hydrogens (tertiary/aromatic N) is 3. The lowest BCUT2D eigenvalue weighted by Crippen LogP contribution is -2.16. The minimum absolute atomic E-state index is 0.00568. The molecule has 0 saturated heterocycles. The molecule has 1 heterocycles. The van der Waals surface area contributed by atoms with Crippen molar-refractivity contribution in [3.8, 4) is 11.5 Å². The van der Waals surface area contributed by atoms with Crippen molar-refractivity contribution in [2.75, 3.05) is 0 Å². The summed E-state index contributed by atoms with van der Waals surface area (Å²) in [6.45, 7) is 2.44. The van der Waals surface area contributed by atoms with Crippen LogP contribution in [0.5, 0.6) is 11.5 Å². The Morgan fingerprint density at radius 2 is 1.83 bits per heavy atom. The summed E-state index contributed by atoms with van der Waals surface area (Å²) in [6, 6.07) is 20.8. The SMILES string of the molecule is CCn1c(=NC(=O)c2cccc(Oc3ccccc3)c2)sc2ccc([N+](=O)[O-])cc21. The van der Waals surface area contributed by atoms with Gasteiger partial charge in [-0.1, -0.05) is 35.6 Å². The molecule has 0 spiro atoms. The van der Waals surface area contributed by atoms with Gasteiger partial charge in [-0.3, -0.25) is 14.9 Å². The van der Waals surface area contributed by atoms with Crippen molar-refractivity contribution in [2.45, 2.75) is 13.5 Å². The Hall–Kier alpha value is -3.78. The molecule has 1 amide bonds. The van der Waals surface area contributed by atoms with E-state index in [1.165, 1.54) is 23.5 Å². The maximum absolute atomic E-state index is 12.8. The number of non-ortho nitro benzene ring substituents is 1. The maximum atomic E-state index is 12.8. The summed E-state index contributed by atoms with van der Waals surface area (Å²) in [6.07, 6.45) is 0. The molecule has 0 radical (unpaired) electrons. The third-order valence-corrected chi connectivity index (χ3v) is 5.51. The summed E-state index contributed by atoms with van der Waals surface area (Å²) in [7, 11) is 0. The molecule has 0 aliphatic carbocycles. The van der Waals surface area contributed by atoms with Gasteiger partial charge in [0.05, 0.1) is 15.1 Å². The fourth-order valence-electron chi connectivity index (χ4n) is 3.03. The quantitative estimate of drug-likeness (QED) is 0.330. The van der Waals surface area contributed by atoms with Crippen molar-refractivity contribution < 1.29 is 14.5 Å². The number of thiazole rings is 1. The number of aromatic nitrogens is 1. The first-order valence-corrected chi connectivity index (χ1v) is 10.1. The minimum atomic E-state index is -0.433.